The van der Waals surface area contributed by atoms with Crippen molar-refractivity contribution in [3.8, 4) is 6.07 Å². The zero-order chi connectivity index (χ0) is 26.4. The number of carbonyl (C=O) groups excluding carboxylic acids is 2. The molecule has 3 aliphatic rings. The molecule has 2 aliphatic heterocycles. The van der Waals surface area contributed by atoms with E-state index in [2.05, 4.69) is 21.5 Å². The number of hydrogen-bond donors (Lipinski definition) is 1. The van der Waals surface area contributed by atoms with Crippen LogP contribution in [0, 0.1) is 22.7 Å². The van der Waals surface area contributed by atoms with Gasteiger partial charge in [0.1, 0.15) is 16.8 Å². The second-order valence-corrected chi connectivity index (χ2v) is 11.4. The van der Waals surface area contributed by atoms with Crippen LogP contribution in [0.2, 0.25) is 0 Å². The van der Waals surface area contributed by atoms with Crippen molar-refractivity contribution in [3.05, 3.63) is 30.1 Å². The van der Waals surface area contributed by atoms with Crippen LogP contribution in [-0.4, -0.2) is 56.9 Å². The zero-order valence-corrected chi connectivity index (χ0v) is 22.0. The maximum Gasteiger partial charge on any atom is 0.410 e. The van der Waals surface area contributed by atoms with Gasteiger partial charge in [-0.3, -0.25) is 9.48 Å². The van der Waals surface area contributed by atoms with E-state index in [9.17, 15) is 14.9 Å². The fraction of sp³-hybridized carbons (Fsp3) is 0.593. The van der Waals surface area contributed by atoms with Crippen LogP contribution < -0.4 is 10.2 Å². The summed E-state index contributed by atoms with van der Waals surface area (Å²) in [5.74, 6) is 1.66. The number of aryl methyl sites for hydroxylation is 1. The number of rotatable bonds is 5. The van der Waals surface area contributed by atoms with Crippen LogP contribution in [-0.2, 0) is 16.6 Å². The molecule has 0 unspecified atom stereocenters. The van der Waals surface area contributed by atoms with Gasteiger partial charge in [0, 0.05) is 62.3 Å². The van der Waals surface area contributed by atoms with Crippen molar-refractivity contribution in [1.82, 2.24) is 19.7 Å². The summed E-state index contributed by atoms with van der Waals surface area (Å²) in [5.41, 5.74) is 0.470. The van der Waals surface area contributed by atoms with E-state index in [1.807, 2.05) is 50.7 Å². The van der Waals surface area contributed by atoms with Gasteiger partial charge in [0.05, 0.1) is 6.07 Å². The Balaban J connectivity index is 1.23. The SMILES string of the molecule is Cn1nc(Nc2cc(N3CC[C@@](C#N)(C4CC4)C3=O)ccn2)cc1C1CCN(C(=O)OC(C)(C)C)CC1. The molecule has 4 heterocycles. The van der Waals surface area contributed by atoms with Crippen LogP contribution in [0.1, 0.15) is 64.5 Å². The molecule has 2 saturated heterocycles. The standard InChI is InChI=1S/C27H35N7O3/c1-26(2,3)37-25(36)33-12-8-18(9-13-33)21-16-23(31-32(21)4)30-22-15-20(7-11-29-22)34-14-10-27(17-28,24(34)35)19-5-6-19/h7,11,15-16,18-19H,5-6,8-10,12-14H2,1-4H3,(H,29,30,31)/t27-/m1/s1. The van der Waals surface area contributed by atoms with Crippen molar-refractivity contribution in [2.45, 2.75) is 64.4 Å². The minimum atomic E-state index is -0.869. The smallest absolute Gasteiger partial charge is 0.410 e. The Morgan fingerprint density at radius 1 is 1.16 bits per heavy atom. The number of hydrogen-bond acceptors (Lipinski definition) is 7. The number of nitrogens with one attached hydrogen (secondary N) is 1. The minimum absolute atomic E-state index is 0.0903. The van der Waals surface area contributed by atoms with E-state index in [-0.39, 0.29) is 23.8 Å². The summed E-state index contributed by atoms with van der Waals surface area (Å²) >= 11 is 0. The molecule has 5 rings (SSSR count). The first-order chi connectivity index (χ1) is 17.6. The molecule has 0 radical (unpaired) electrons. The number of likely N-dealkylation sites (tertiary alicyclic amines) is 1. The quantitative estimate of drug-likeness (QED) is 0.643. The second-order valence-electron chi connectivity index (χ2n) is 11.4. The predicted octanol–water partition coefficient (Wildman–Crippen LogP) is 4.33. The highest BCUT2D eigenvalue weighted by molar-refractivity contribution is 6.02. The molecule has 0 spiro atoms. The lowest BCUT2D eigenvalue weighted by Crippen LogP contribution is -2.41. The third kappa shape index (κ3) is 4.99. The van der Waals surface area contributed by atoms with E-state index in [0.717, 1.165) is 37.1 Å². The average molecular weight is 506 g/mol. The molecule has 10 heteroatoms. The number of ether oxygens (including phenoxy) is 1. The van der Waals surface area contributed by atoms with Gasteiger partial charge in [-0.05, 0) is 64.9 Å². The van der Waals surface area contributed by atoms with Crippen molar-refractivity contribution in [3.63, 3.8) is 0 Å². The number of piperidine rings is 1. The Morgan fingerprint density at radius 3 is 2.54 bits per heavy atom. The van der Waals surface area contributed by atoms with Gasteiger partial charge < -0.3 is 19.9 Å². The molecule has 2 aromatic heterocycles. The highest BCUT2D eigenvalue weighted by Gasteiger charge is 2.56. The molecule has 1 N–H and O–H groups in total. The molecule has 37 heavy (non-hydrogen) atoms. The number of nitrogens with zero attached hydrogens (tertiary/aromatic N) is 6. The van der Waals surface area contributed by atoms with Crippen molar-refractivity contribution < 1.29 is 14.3 Å². The molecular formula is C27H35N7O3. The minimum Gasteiger partial charge on any atom is -0.444 e. The molecule has 1 atom stereocenters. The van der Waals surface area contributed by atoms with Gasteiger partial charge in [0.15, 0.2) is 5.82 Å². The molecule has 1 saturated carbocycles. The van der Waals surface area contributed by atoms with Crippen LogP contribution in [0.5, 0.6) is 0 Å². The van der Waals surface area contributed by atoms with Crippen LogP contribution in [0.25, 0.3) is 0 Å². The maximum absolute atomic E-state index is 13.2. The highest BCUT2D eigenvalue weighted by Crippen LogP contribution is 2.52. The number of anilines is 3. The van der Waals surface area contributed by atoms with Crippen molar-refractivity contribution in [1.29, 1.82) is 5.26 Å². The van der Waals surface area contributed by atoms with Crippen LogP contribution in [0.15, 0.2) is 24.4 Å². The number of amides is 2. The summed E-state index contributed by atoms with van der Waals surface area (Å²) in [4.78, 5) is 33.5. The molecule has 1 aliphatic carbocycles. The van der Waals surface area contributed by atoms with Gasteiger partial charge in [0.25, 0.3) is 0 Å². The van der Waals surface area contributed by atoms with E-state index in [1.165, 1.54) is 0 Å². The number of pyridine rings is 1. The van der Waals surface area contributed by atoms with E-state index >= 15 is 0 Å². The number of carbonyl (C=O) groups is 2. The molecule has 2 aromatic rings. The lowest BCUT2D eigenvalue weighted by molar-refractivity contribution is -0.123. The maximum atomic E-state index is 13.2. The molecule has 10 nitrogen and oxygen atoms in total. The predicted molar refractivity (Wildman–Crippen MR) is 138 cm³/mol. The first-order valence-electron chi connectivity index (χ1n) is 13.1. The van der Waals surface area contributed by atoms with Crippen LogP contribution in [0.3, 0.4) is 0 Å². The van der Waals surface area contributed by atoms with Crippen molar-refractivity contribution in [2.75, 3.05) is 29.9 Å². The Hall–Kier alpha value is -3.61. The topological polar surface area (TPSA) is 116 Å². The van der Waals surface area contributed by atoms with E-state index in [1.54, 1.807) is 16.0 Å². The fourth-order valence-corrected chi connectivity index (χ4v) is 5.53. The van der Waals surface area contributed by atoms with Gasteiger partial charge in [0.2, 0.25) is 5.91 Å². The Morgan fingerprint density at radius 2 is 1.89 bits per heavy atom. The van der Waals surface area contributed by atoms with Gasteiger partial charge >= 0.3 is 6.09 Å². The first-order valence-corrected chi connectivity index (χ1v) is 13.1. The molecule has 0 bridgehead atoms. The van der Waals surface area contributed by atoms with Crippen molar-refractivity contribution >= 4 is 29.3 Å². The largest absolute Gasteiger partial charge is 0.444 e. The van der Waals surface area contributed by atoms with Gasteiger partial charge in [-0.1, -0.05) is 0 Å². The normalized spacial score (nSPS) is 22.7. The van der Waals surface area contributed by atoms with Crippen molar-refractivity contribution in [2.24, 2.45) is 18.4 Å². The first kappa shape index (κ1) is 25.1. The van der Waals surface area contributed by atoms with E-state index in [4.69, 9.17) is 4.74 Å². The lowest BCUT2D eigenvalue weighted by atomic mass is 9.83. The Labute approximate surface area is 217 Å². The lowest BCUT2D eigenvalue weighted by Gasteiger charge is -2.33. The summed E-state index contributed by atoms with van der Waals surface area (Å²) in [6.45, 7) is 7.47. The molecule has 0 aromatic carbocycles. The third-order valence-electron chi connectivity index (χ3n) is 7.62. The third-order valence-corrected chi connectivity index (χ3v) is 7.62. The summed E-state index contributed by atoms with van der Waals surface area (Å²) in [6, 6.07) is 8.01. The van der Waals surface area contributed by atoms with Gasteiger partial charge in [-0.2, -0.15) is 10.4 Å². The summed E-state index contributed by atoms with van der Waals surface area (Å²) in [5, 5.41) is 17.7. The molecular weight excluding hydrogens is 470 g/mol. The van der Waals surface area contributed by atoms with Crippen LogP contribution in [0.4, 0.5) is 22.1 Å². The van der Waals surface area contributed by atoms with Gasteiger partial charge in [-0.15, -0.1) is 0 Å². The number of aromatic nitrogens is 3. The molecule has 3 fully saturated rings. The summed E-state index contributed by atoms with van der Waals surface area (Å²) in [7, 11) is 1.92. The Kier molecular flexibility index (Phi) is 6.34. The fourth-order valence-electron chi connectivity index (χ4n) is 5.53. The highest BCUT2D eigenvalue weighted by atomic mass is 16.6. The summed E-state index contributed by atoms with van der Waals surface area (Å²) < 4.78 is 7.39. The monoisotopic (exact) mass is 505 g/mol. The second kappa shape index (κ2) is 9.36. The van der Waals surface area contributed by atoms with Gasteiger partial charge in [-0.25, -0.2) is 9.78 Å². The molecule has 196 valence electrons. The number of nitriles is 1. The zero-order valence-electron chi connectivity index (χ0n) is 22.0. The van der Waals surface area contributed by atoms with E-state index in [0.29, 0.717) is 37.7 Å². The average Bonchev–Trinajstić information content (AvgIpc) is 3.56. The van der Waals surface area contributed by atoms with E-state index < -0.39 is 11.0 Å². The summed E-state index contributed by atoms with van der Waals surface area (Å²) in [6.07, 6.45) is 5.58. The van der Waals surface area contributed by atoms with Crippen LogP contribution >= 0.6 is 0 Å². The Bertz CT molecular complexity index is 1230. The molecule has 2 amide bonds.